The van der Waals surface area contributed by atoms with Crippen LogP contribution in [0.5, 0.6) is 0 Å². The molecule has 0 aliphatic carbocycles. The summed E-state index contributed by atoms with van der Waals surface area (Å²) in [6.07, 6.45) is 0. The van der Waals surface area contributed by atoms with E-state index < -0.39 is 0 Å². The standard InChI is InChI=1S/C18H28Cl2N4/c1-21-8-10-23-11-13-24(12-9-21)18(20)17(22(2)16(19)14-23)15-6-4-3-5-7-15/h3-7,16-18H,8-14H2,1-2H3. The monoisotopic (exact) mass is 370 g/mol. The summed E-state index contributed by atoms with van der Waals surface area (Å²) in [7, 11) is 4.29. The smallest absolute Gasteiger partial charge is 0.105 e. The number of nitrogens with zero attached hydrogens (tertiary/aromatic N) is 4. The molecule has 5 unspecified atom stereocenters. The number of benzene rings is 1. The molecule has 0 amide bonds. The molecule has 2 heterocycles. The van der Waals surface area contributed by atoms with Crippen molar-refractivity contribution in [1.82, 2.24) is 19.6 Å². The van der Waals surface area contributed by atoms with E-state index >= 15 is 0 Å². The van der Waals surface area contributed by atoms with E-state index in [4.69, 9.17) is 23.2 Å². The summed E-state index contributed by atoms with van der Waals surface area (Å²) >= 11 is 13.8. The Kier molecular flexibility index (Phi) is 6.41. The lowest BCUT2D eigenvalue weighted by Crippen LogP contribution is -2.47. The molecule has 0 radical (unpaired) electrons. The van der Waals surface area contributed by atoms with Crippen LogP contribution in [0, 0.1) is 0 Å². The van der Waals surface area contributed by atoms with E-state index in [1.165, 1.54) is 5.56 Å². The van der Waals surface area contributed by atoms with E-state index in [-0.39, 0.29) is 17.0 Å². The van der Waals surface area contributed by atoms with Crippen LogP contribution in [0.2, 0.25) is 0 Å². The lowest BCUT2D eigenvalue weighted by molar-refractivity contribution is 0.126. The summed E-state index contributed by atoms with van der Waals surface area (Å²) in [6.45, 7) is 7.06. The normalized spacial score (nSPS) is 36.9. The molecule has 1 aromatic carbocycles. The van der Waals surface area contributed by atoms with Crippen molar-refractivity contribution in [2.45, 2.75) is 17.0 Å². The molecule has 2 saturated heterocycles. The van der Waals surface area contributed by atoms with E-state index in [1.54, 1.807) is 0 Å². The number of hydrogen-bond donors (Lipinski definition) is 0. The first kappa shape index (κ1) is 18.4. The van der Waals surface area contributed by atoms with Gasteiger partial charge in [0.25, 0.3) is 0 Å². The van der Waals surface area contributed by atoms with Crippen molar-refractivity contribution in [3.63, 3.8) is 0 Å². The molecular weight excluding hydrogens is 343 g/mol. The lowest BCUT2D eigenvalue weighted by Gasteiger charge is -2.39. The molecule has 24 heavy (non-hydrogen) atoms. The Labute approximate surface area is 155 Å². The Morgan fingerprint density at radius 1 is 0.875 bits per heavy atom. The van der Waals surface area contributed by atoms with E-state index in [9.17, 15) is 0 Å². The molecule has 4 nitrogen and oxygen atoms in total. The van der Waals surface area contributed by atoms with Crippen LogP contribution in [0.3, 0.4) is 0 Å². The number of rotatable bonds is 1. The van der Waals surface area contributed by atoms with E-state index in [1.807, 2.05) is 6.07 Å². The van der Waals surface area contributed by atoms with Crippen LogP contribution in [0.15, 0.2) is 30.3 Å². The van der Waals surface area contributed by atoms with E-state index in [0.29, 0.717) is 0 Å². The molecular formula is C18H28Cl2N4. The van der Waals surface area contributed by atoms with E-state index in [0.717, 1.165) is 45.8 Å². The van der Waals surface area contributed by atoms with Crippen molar-refractivity contribution in [3.05, 3.63) is 35.9 Å². The van der Waals surface area contributed by atoms with Gasteiger partial charge in [0.1, 0.15) is 5.50 Å². The van der Waals surface area contributed by atoms with Gasteiger partial charge in [-0.2, -0.15) is 0 Å². The zero-order valence-corrected chi connectivity index (χ0v) is 16.1. The number of halogens is 2. The van der Waals surface area contributed by atoms with Crippen molar-refractivity contribution in [2.24, 2.45) is 0 Å². The molecule has 0 N–H and O–H groups in total. The summed E-state index contributed by atoms with van der Waals surface area (Å²) < 4.78 is 0. The third-order valence-corrected chi connectivity index (χ3v) is 6.27. The predicted octanol–water partition coefficient (Wildman–Crippen LogP) is 2.35. The minimum absolute atomic E-state index is 0.0545. The molecule has 1 aromatic rings. The first-order valence-electron chi connectivity index (χ1n) is 8.76. The van der Waals surface area contributed by atoms with Crippen LogP contribution in [-0.2, 0) is 0 Å². The van der Waals surface area contributed by atoms with Crippen molar-refractivity contribution in [2.75, 3.05) is 59.9 Å². The Bertz CT molecular complexity index is 515. The van der Waals surface area contributed by atoms with Gasteiger partial charge in [-0.15, -0.1) is 23.2 Å². The quantitative estimate of drug-likeness (QED) is 0.555. The van der Waals surface area contributed by atoms with Gasteiger partial charge in [-0.1, -0.05) is 30.3 Å². The second-order valence-electron chi connectivity index (χ2n) is 6.97. The van der Waals surface area contributed by atoms with Crippen LogP contribution in [0.1, 0.15) is 11.6 Å². The zero-order valence-electron chi connectivity index (χ0n) is 14.6. The molecule has 0 aromatic heterocycles. The fourth-order valence-corrected chi connectivity index (χ4v) is 4.43. The van der Waals surface area contributed by atoms with Gasteiger partial charge < -0.3 is 4.90 Å². The van der Waals surface area contributed by atoms with Crippen molar-refractivity contribution >= 4 is 23.2 Å². The van der Waals surface area contributed by atoms with Crippen molar-refractivity contribution < 1.29 is 0 Å². The second kappa shape index (κ2) is 8.35. The summed E-state index contributed by atoms with van der Waals surface area (Å²) in [5.74, 6) is 0. The van der Waals surface area contributed by atoms with Crippen molar-refractivity contribution in [1.29, 1.82) is 0 Å². The Hall–Kier alpha value is -0.360. The maximum Gasteiger partial charge on any atom is 0.105 e. The maximum atomic E-state index is 7.03. The number of alkyl halides is 2. The number of likely N-dealkylation sites (N-methyl/N-ethyl adjacent to an activating group) is 2. The van der Waals surface area contributed by atoms with Crippen LogP contribution in [0.25, 0.3) is 0 Å². The van der Waals surface area contributed by atoms with Gasteiger partial charge in [0, 0.05) is 45.8 Å². The van der Waals surface area contributed by atoms with Gasteiger partial charge in [0.2, 0.25) is 0 Å². The molecule has 134 valence electrons. The molecule has 2 aliphatic heterocycles. The summed E-state index contributed by atoms with van der Waals surface area (Å²) in [5.41, 5.74) is 1.08. The highest BCUT2D eigenvalue weighted by Gasteiger charge is 2.35. The average Bonchev–Trinajstić information content (AvgIpc) is 2.69. The third kappa shape index (κ3) is 4.24. The van der Waals surface area contributed by atoms with Crippen molar-refractivity contribution in [3.8, 4) is 0 Å². The minimum atomic E-state index is -0.0925. The molecule has 2 bridgehead atoms. The second-order valence-corrected chi connectivity index (χ2v) is 7.92. The lowest BCUT2D eigenvalue weighted by atomic mass is 10.0. The van der Waals surface area contributed by atoms with Crippen LogP contribution < -0.4 is 0 Å². The molecule has 3 rings (SSSR count). The van der Waals surface area contributed by atoms with E-state index in [2.05, 4.69) is 58.0 Å². The first-order chi connectivity index (χ1) is 11.6. The molecule has 5 atom stereocenters. The minimum Gasteiger partial charge on any atom is -0.304 e. The third-order valence-electron chi connectivity index (χ3n) is 5.31. The van der Waals surface area contributed by atoms with Gasteiger partial charge in [-0.3, -0.25) is 14.7 Å². The molecule has 0 saturated carbocycles. The topological polar surface area (TPSA) is 13.0 Å². The highest BCUT2D eigenvalue weighted by Crippen LogP contribution is 2.32. The fourth-order valence-electron chi connectivity index (χ4n) is 3.60. The molecule has 6 heteroatoms. The van der Waals surface area contributed by atoms with Gasteiger partial charge in [-0.05, 0) is 19.7 Å². The van der Waals surface area contributed by atoms with Gasteiger partial charge in [0.05, 0.1) is 11.5 Å². The van der Waals surface area contributed by atoms with Crippen LogP contribution in [0.4, 0.5) is 0 Å². The molecule has 2 aliphatic rings. The highest BCUT2D eigenvalue weighted by atomic mass is 35.5. The van der Waals surface area contributed by atoms with Crippen LogP contribution in [-0.4, -0.2) is 90.5 Å². The average molecular weight is 371 g/mol. The van der Waals surface area contributed by atoms with Gasteiger partial charge >= 0.3 is 0 Å². The Balaban J connectivity index is 1.93. The predicted molar refractivity (Wildman–Crippen MR) is 102 cm³/mol. The number of fused-ring (bicyclic) bond motifs is 3. The Morgan fingerprint density at radius 2 is 1.50 bits per heavy atom. The summed E-state index contributed by atoms with van der Waals surface area (Å²) in [4.78, 5) is 9.52. The Morgan fingerprint density at radius 3 is 2.25 bits per heavy atom. The largest absolute Gasteiger partial charge is 0.304 e. The zero-order chi connectivity index (χ0) is 17.1. The number of hydrogen-bond acceptors (Lipinski definition) is 4. The summed E-state index contributed by atoms with van der Waals surface area (Å²) in [6, 6.07) is 10.6. The SMILES string of the molecule is CN1CCN2CCN(CC1)C(Cl)C(c1ccccc1)N(C)C(Cl)C2. The maximum absolute atomic E-state index is 7.03. The van der Waals surface area contributed by atoms with Gasteiger partial charge in [-0.25, -0.2) is 0 Å². The molecule has 0 spiro atoms. The fraction of sp³-hybridized carbons (Fsp3) is 0.667. The van der Waals surface area contributed by atoms with Crippen LogP contribution >= 0.6 is 23.2 Å². The first-order valence-corrected chi connectivity index (χ1v) is 9.63. The highest BCUT2D eigenvalue weighted by molar-refractivity contribution is 6.21. The summed E-state index contributed by atoms with van der Waals surface area (Å²) in [5, 5.41) is 0. The van der Waals surface area contributed by atoms with Gasteiger partial charge in [0.15, 0.2) is 0 Å². The molecule has 2 fully saturated rings.